The molecular weight excluding hydrogens is 346 g/mol. The number of piperazine rings is 1. The highest BCUT2D eigenvalue weighted by Crippen LogP contribution is 2.26. The molecule has 7 nitrogen and oxygen atoms in total. The molecule has 0 aliphatic carbocycles. The average Bonchev–Trinajstić information content (AvgIpc) is 3.38. The molecule has 140 valence electrons. The lowest BCUT2D eigenvalue weighted by atomic mass is 10.1. The second-order valence-corrected chi connectivity index (χ2v) is 6.84. The number of hydrogen-bond acceptors (Lipinski definition) is 4. The Labute approximate surface area is 157 Å². The third kappa shape index (κ3) is 3.45. The Balaban J connectivity index is 1.35. The number of hydrogen-bond donors (Lipinski definition) is 0. The van der Waals surface area contributed by atoms with Crippen LogP contribution in [0.4, 0.5) is 5.69 Å². The number of amides is 3. The van der Waals surface area contributed by atoms with Gasteiger partial charge in [0.05, 0.1) is 12.2 Å². The first-order valence-corrected chi connectivity index (χ1v) is 9.10. The first kappa shape index (κ1) is 17.3. The van der Waals surface area contributed by atoms with Crippen molar-refractivity contribution in [3.8, 4) is 0 Å². The summed E-state index contributed by atoms with van der Waals surface area (Å²) < 4.78 is 5.15. The summed E-state index contributed by atoms with van der Waals surface area (Å²) in [5, 5.41) is 0. The van der Waals surface area contributed by atoms with Gasteiger partial charge >= 0.3 is 0 Å². The standard InChI is InChI=1S/C20H21N3O4/c24-18-13-15(14-23(18)16-5-2-1-3-6-16)19(25)21-8-10-22(11-9-21)20(26)17-7-4-12-27-17/h1-7,12,15H,8-11,13-14H2/t15-/m1/s1. The highest BCUT2D eigenvalue weighted by molar-refractivity contribution is 6.00. The molecule has 0 radical (unpaired) electrons. The van der Waals surface area contributed by atoms with Gasteiger partial charge in [-0.05, 0) is 24.3 Å². The summed E-state index contributed by atoms with van der Waals surface area (Å²) in [5.41, 5.74) is 0.826. The minimum Gasteiger partial charge on any atom is -0.459 e. The summed E-state index contributed by atoms with van der Waals surface area (Å²) in [5.74, 6) is -0.198. The van der Waals surface area contributed by atoms with Gasteiger partial charge in [-0.25, -0.2) is 0 Å². The number of carbonyl (C=O) groups is 3. The summed E-state index contributed by atoms with van der Waals surface area (Å²) in [6.45, 7) is 2.29. The maximum absolute atomic E-state index is 12.9. The summed E-state index contributed by atoms with van der Waals surface area (Å²) >= 11 is 0. The normalized spacial score (nSPS) is 20.2. The zero-order valence-corrected chi connectivity index (χ0v) is 14.9. The van der Waals surface area contributed by atoms with E-state index in [1.54, 1.807) is 26.8 Å². The third-order valence-corrected chi connectivity index (χ3v) is 5.15. The Morgan fingerprint density at radius 1 is 0.926 bits per heavy atom. The number of furan rings is 1. The van der Waals surface area contributed by atoms with Crippen LogP contribution >= 0.6 is 0 Å². The molecule has 2 aliphatic heterocycles. The molecule has 7 heteroatoms. The second-order valence-electron chi connectivity index (χ2n) is 6.84. The van der Waals surface area contributed by atoms with Crippen molar-refractivity contribution < 1.29 is 18.8 Å². The van der Waals surface area contributed by atoms with E-state index in [1.807, 2.05) is 30.3 Å². The smallest absolute Gasteiger partial charge is 0.289 e. The van der Waals surface area contributed by atoms with Gasteiger partial charge in [0.25, 0.3) is 5.91 Å². The van der Waals surface area contributed by atoms with Crippen molar-refractivity contribution in [1.29, 1.82) is 0 Å². The molecule has 1 atom stereocenters. The van der Waals surface area contributed by atoms with Crippen molar-refractivity contribution >= 4 is 23.4 Å². The Hall–Kier alpha value is -3.09. The SMILES string of the molecule is O=C(c1ccco1)N1CCN(C(=O)[C@@H]2CC(=O)N(c3ccccc3)C2)CC1. The highest BCUT2D eigenvalue weighted by atomic mass is 16.3. The van der Waals surface area contributed by atoms with Crippen molar-refractivity contribution in [3.63, 3.8) is 0 Å². The van der Waals surface area contributed by atoms with E-state index in [0.717, 1.165) is 5.69 Å². The fourth-order valence-electron chi connectivity index (χ4n) is 3.67. The quantitative estimate of drug-likeness (QED) is 0.826. The van der Waals surface area contributed by atoms with Gasteiger partial charge in [0.2, 0.25) is 11.8 Å². The van der Waals surface area contributed by atoms with Crippen molar-refractivity contribution in [2.75, 3.05) is 37.6 Å². The monoisotopic (exact) mass is 367 g/mol. The number of anilines is 1. The fraction of sp³-hybridized carbons (Fsp3) is 0.350. The minimum atomic E-state index is -0.329. The lowest BCUT2D eigenvalue weighted by molar-refractivity contribution is -0.137. The van der Waals surface area contributed by atoms with Crippen LogP contribution in [0, 0.1) is 5.92 Å². The van der Waals surface area contributed by atoms with Gasteiger partial charge in [-0.1, -0.05) is 18.2 Å². The number of para-hydroxylation sites is 1. The molecule has 3 amide bonds. The molecule has 4 rings (SSSR count). The van der Waals surface area contributed by atoms with Crippen LogP contribution in [-0.4, -0.2) is 60.2 Å². The van der Waals surface area contributed by atoms with Crippen LogP contribution in [0.3, 0.4) is 0 Å². The van der Waals surface area contributed by atoms with Gasteiger partial charge < -0.3 is 19.1 Å². The molecule has 27 heavy (non-hydrogen) atoms. The number of benzene rings is 1. The number of rotatable bonds is 3. The molecule has 1 aromatic carbocycles. The van der Waals surface area contributed by atoms with Crippen LogP contribution in [0.1, 0.15) is 17.0 Å². The topological polar surface area (TPSA) is 74.1 Å². The van der Waals surface area contributed by atoms with Crippen molar-refractivity contribution in [1.82, 2.24) is 9.80 Å². The van der Waals surface area contributed by atoms with E-state index in [0.29, 0.717) is 38.5 Å². The predicted molar refractivity (Wildman–Crippen MR) is 98.1 cm³/mol. The van der Waals surface area contributed by atoms with Gasteiger partial charge in [-0.2, -0.15) is 0 Å². The molecule has 0 bridgehead atoms. The van der Waals surface area contributed by atoms with E-state index in [9.17, 15) is 14.4 Å². The first-order valence-electron chi connectivity index (χ1n) is 9.10. The van der Waals surface area contributed by atoms with E-state index >= 15 is 0 Å². The zero-order chi connectivity index (χ0) is 18.8. The van der Waals surface area contributed by atoms with Gasteiger partial charge in [0.15, 0.2) is 5.76 Å². The van der Waals surface area contributed by atoms with Crippen LogP contribution in [0.5, 0.6) is 0 Å². The molecule has 0 N–H and O–H groups in total. The van der Waals surface area contributed by atoms with Crippen molar-refractivity contribution in [3.05, 3.63) is 54.5 Å². The Bertz CT molecular complexity index is 826. The number of nitrogens with zero attached hydrogens (tertiary/aromatic N) is 3. The molecular formula is C20H21N3O4. The molecule has 3 heterocycles. The van der Waals surface area contributed by atoms with Crippen LogP contribution in [0.2, 0.25) is 0 Å². The third-order valence-electron chi connectivity index (χ3n) is 5.15. The summed E-state index contributed by atoms with van der Waals surface area (Å²) in [6.07, 6.45) is 1.71. The van der Waals surface area contributed by atoms with Gasteiger partial charge in [0.1, 0.15) is 0 Å². The zero-order valence-electron chi connectivity index (χ0n) is 14.9. The maximum atomic E-state index is 12.9. The average molecular weight is 367 g/mol. The van der Waals surface area contributed by atoms with E-state index < -0.39 is 0 Å². The molecule has 2 aromatic rings. The Morgan fingerprint density at radius 2 is 1.63 bits per heavy atom. The van der Waals surface area contributed by atoms with Gasteiger partial charge in [0, 0.05) is 44.8 Å². The van der Waals surface area contributed by atoms with Gasteiger partial charge in [-0.3, -0.25) is 14.4 Å². The van der Waals surface area contributed by atoms with Crippen LogP contribution < -0.4 is 4.90 Å². The Kier molecular flexibility index (Phi) is 4.66. The molecule has 1 aromatic heterocycles. The summed E-state index contributed by atoms with van der Waals surface area (Å²) in [6, 6.07) is 12.7. The summed E-state index contributed by atoms with van der Waals surface area (Å²) in [7, 11) is 0. The summed E-state index contributed by atoms with van der Waals surface area (Å²) in [4.78, 5) is 42.6. The lowest BCUT2D eigenvalue weighted by Crippen LogP contribution is -2.52. The largest absolute Gasteiger partial charge is 0.459 e. The van der Waals surface area contributed by atoms with Crippen molar-refractivity contribution in [2.45, 2.75) is 6.42 Å². The highest BCUT2D eigenvalue weighted by Gasteiger charge is 2.38. The molecule has 2 saturated heterocycles. The van der Waals surface area contributed by atoms with E-state index in [-0.39, 0.29) is 30.1 Å². The van der Waals surface area contributed by atoms with Crippen LogP contribution in [0.25, 0.3) is 0 Å². The van der Waals surface area contributed by atoms with E-state index in [1.165, 1.54) is 6.26 Å². The van der Waals surface area contributed by atoms with Crippen LogP contribution in [-0.2, 0) is 9.59 Å². The van der Waals surface area contributed by atoms with E-state index in [2.05, 4.69) is 0 Å². The predicted octanol–water partition coefficient (Wildman–Crippen LogP) is 1.62. The first-order chi connectivity index (χ1) is 13.1. The molecule has 2 fully saturated rings. The Morgan fingerprint density at radius 3 is 2.30 bits per heavy atom. The molecule has 2 aliphatic rings. The fourth-order valence-corrected chi connectivity index (χ4v) is 3.67. The molecule has 0 spiro atoms. The number of carbonyl (C=O) groups excluding carboxylic acids is 3. The molecule has 0 unspecified atom stereocenters. The second kappa shape index (κ2) is 7.26. The lowest BCUT2D eigenvalue weighted by Gasteiger charge is -2.35. The van der Waals surface area contributed by atoms with E-state index in [4.69, 9.17) is 4.42 Å². The maximum Gasteiger partial charge on any atom is 0.289 e. The minimum absolute atomic E-state index is 0.00752. The van der Waals surface area contributed by atoms with Crippen LogP contribution in [0.15, 0.2) is 53.1 Å². The van der Waals surface area contributed by atoms with Gasteiger partial charge in [-0.15, -0.1) is 0 Å². The molecule has 0 saturated carbocycles. The van der Waals surface area contributed by atoms with Crippen molar-refractivity contribution in [2.24, 2.45) is 5.92 Å².